The number of anilines is 1. The quantitative estimate of drug-likeness (QED) is 0.281. The zero-order chi connectivity index (χ0) is 22.2. The first-order valence-electron chi connectivity index (χ1n) is 9.49. The van der Waals surface area contributed by atoms with E-state index in [9.17, 15) is 4.79 Å². The van der Waals surface area contributed by atoms with Crippen LogP contribution in [-0.4, -0.2) is 10.9 Å². The Bertz CT molecular complexity index is 1460. The van der Waals surface area contributed by atoms with Crippen molar-refractivity contribution < 1.29 is 13.6 Å². The van der Waals surface area contributed by atoms with Crippen molar-refractivity contribution in [3.8, 4) is 22.8 Å². The molecule has 0 aliphatic carbocycles. The van der Waals surface area contributed by atoms with Crippen molar-refractivity contribution in [3.05, 3.63) is 93.6 Å². The molecule has 8 heteroatoms. The Labute approximate surface area is 197 Å². The Morgan fingerprint density at radius 1 is 0.781 bits per heavy atom. The predicted octanol–water partition coefficient (Wildman–Crippen LogP) is 7.97. The van der Waals surface area contributed by atoms with Crippen LogP contribution in [0.25, 0.3) is 33.9 Å². The summed E-state index contributed by atoms with van der Waals surface area (Å²) in [7, 11) is 0. The molecule has 0 fully saturated rings. The van der Waals surface area contributed by atoms with Crippen LogP contribution in [0.4, 0.5) is 5.69 Å². The molecule has 32 heavy (non-hydrogen) atoms. The average Bonchev–Trinajstić information content (AvgIpc) is 3.43. The minimum atomic E-state index is -0.436. The van der Waals surface area contributed by atoms with Crippen molar-refractivity contribution in [2.24, 2.45) is 0 Å². The van der Waals surface area contributed by atoms with Gasteiger partial charge in [-0.05, 0) is 72.8 Å². The molecule has 2 heterocycles. The molecule has 1 amide bonds. The van der Waals surface area contributed by atoms with Gasteiger partial charge in [-0.3, -0.25) is 4.79 Å². The van der Waals surface area contributed by atoms with Gasteiger partial charge < -0.3 is 14.2 Å². The highest BCUT2D eigenvalue weighted by Gasteiger charge is 2.16. The molecule has 0 radical (unpaired) electrons. The number of carbonyl (C=O) groups excluding carboxylic acids is 1. The van der Waals surface area contributed by atoms with Crippen LogP contribution in [0, 0.1) is 0 Å². The van der Waals surface area contributed by atoms with E-state index in [1.54, 1.807) is 60.7 Å². The second-order valence-corrected chi connectivity index (χ2v) is 8.23. The lowest BCUT2D eigenvalue weighted by Gasteiger charge is -2.07. The molecule has 0 saturated carbocycles. The number of oxazole rings is 1. The molecular formula is C24H13Cl3N2O3. The van der Waals surface area contributed by atoms with Crippen molar-refractivity contribution in [1.29, 1.82) is 0 Å². The van der Waals surface area contributed by atoms with Crippen molar-refractivity contribution in [3.63, 3.8) is 0 Å². The zero-order valence-corrected chi connectivity index (χ0v) is 18.5. The maximum atomic E-state index is 12.8. The smallest absolute Gasteiger partial charge is 0.291 e. The van der Waals surface area contributed by atoms with Crippen LogP contribution < -0.4 is 5.32 Å². The third-order valence-electron chi connectivity index (χ3n) is 4.77. The number of hydrogen-bond donors (Lipinski definition) is 1. The number of fused-ring (bicyclic) bond motifs is 1. The lowest BCUT2D eigenvalue weighted by atomic mass is 10.2. The molecule has 5 rings (SSSR count). The summed E-state index contributed by atoms with van der Waals surface area (Å²) in [4.78, 5) is 17.2. The van der Waals surface area contributed by atoms with Gasteiger partial charge in [0.15, 0.2) is 11.3 Å². The largest absolute Gasteiger partial charge is 0.451 e. The van der Waals surface area contributed by atoms with E-state index in [1.165, 1.54) is 0 Å². The van der Waals surface area contributed by atoms with Crippen LogP contribution >= 0.6 is 34.8 Å². The van der Waals surface area contributed by atoms with E-state index in [2.05, 4.69) is 10.3 Å². The lowest BCUT2D eigenvalue weighted by Crippen LogP contribution is -2.11. The summed E-state index contributed by atoms with van der Waals surface area (Å²) in [6.45, 7) is 0. The molecule has 158 valence electrons. The van der Waals surface area contributed by atoms with Gasteiger partial charge in [0.1, 0.15) is 11.3 Å². The summed E-state index contributed by atoms with van der Waals surface area (Å²) in [6.07, 6.45) is 0. The number of benzene rings is 3. The van der Waals surface area contributed by atoms with E-state index in [1.807, 2.05) is 12.1 Å². The van der Waals surface area contributed by atoms with E-state index in [0.717, 1.165) is 5.56 Å². The minimum Gasteiger partial charge on any atom is -0.451 e. The van der Waals surface area contributed by atoms with Crippen molar-refractivity contribution >= 4 is 57.5 Å². The van der Waals surface area contributed by atoms with Crippen LogP contribution in [-0.2, 0) is 0 Å². The van der Waals surface area contributed by atoms with Crippen molar-refractivity contribution in [2.75, 3.05) is 5.32 Å². The summed E-state index contributed by atoms with van der Waals surface area (Å²) in [5.74, 6) is 0.649. The highest BCUT2D eigenvalue weighted by atomic mass is 35.5. The van der Waals surface area contributed by atoms with Gasteiger partial charge in [0.2, 0.25) is 5.89 Å². The van der Waals surface area contributed by atoms with Gasteiger partial charge in [0, 0.05) is 21.2 Å². The Morgan fingerprint density at radius 3 is 2.34 bits per heavy atom. The van der Waals surface area contributed by atoms with Gasteiger partial charge >= 0.3 is 0 Å². The summed E-state index contributed by atoms with van der Waals surface area (Å²) in [6, 6.07) is 20.8. The normalized spacial score (nSPS) is 11.1. The van der Waals surface area contributed by atoms with Crippen LogP contribution in [0.3, 0.4) is 0 Å². The molecule has 0 aliphatic heterocycles. The molecule has 2 aromatic heterocycles. The fourth-order valence-electron chi connectivity index (χ4n) is 3.19. The van der Waals surface area contributed by atoms with E-state index in [0.29, 0.717) is 49.1 Å². The van der Waals surface area contributed by atoms with Gasteiger partial charge in [0.05, 0.1) is 10.7 Å². The highest BCUT2D eigenvalue weighted by Crippen LogP contribution is 2.32. The Balaban J connectivity index is 1.40. The Morgan fingerprint density at radius 2 is 1.53 bits per heavy atom. The van der Waals surface area contributed by atoms with Crippen LogP contribution in [0.2, 0.25) is 15.1 Å². The second-order valence-electron chi connectivity index (χ2n) is 6.95. The minimum absolute atomic E-state index is 0.146. The molecule has 0 spiro atoms. The molecule has 0 atom stereocenters. The number of nitrogens with zero attached hydrogens (tertiary/aromatic N) is 1. The van der Waals surface area contributed by atoms with Crippen molar-refractivity contribution in [2.45, 2.75) is 0 Å². The third kappa shape index (κ3) is 4.10. The molecule has 3 aromatic carbocycles. The van der Waals surface area contributed by atoms with Gasteiger partial charge in [-0.25, -0.2) is 4.98 Å². The lowest BCUT2D eigenvalue weighted by molar-refractivity contribution is 0.0997. The molecule has 1 N–H and O–H groups in total. The maximum Gasteiger partial charge on any atom is 0.291 e. The first-order valence-corrected chi connectivity index (χ1v) is 10.6. The number of carbonyl (C=O) groups is 1. The SMILES string of the molecule is O=C(Nc1cc(-c2nc3cc(Cl)ccc3o2)ccc1Cl)c1ccc(-c2ccc(Cl)cc2)o1. The molecule has 0 aliphatic rings. The number of amides is 1. The zero-order valence-electron chi connectivity index (χ0n) is 16.2. The second kappa shape index (κ2) is 8.36. The maximum absolute atomic E-state index is 12.8. The molecule has 0 bridgehead atoms. The first-order chi connectivity index (χ1) is 15.5. The van der Waals surface area contributed by atoms with Gasteiger partial charge in [-0.15, -0.1) is 0 Å². The average molecular weight is 484 g/mol. The highest BCUT2D eigenvalue weighted by molar-refractivity contribution is 6.34. The molecule has 0 saturated heterocycles. The fraction of sp³-hybridized carbons (Fsp3) is 0. The summed E-state index contributed by atoms with van der Waals surface area (Å²) < 4.78 is 11.5. The monoisotopic (exact) mass is 482 g/mol. The first kappa shape index (κ1) is 20.6. The predicted molar refractivity (Wildman–Crippen MR) is 127 cm³/mol. The van der Waals surface area contributed by atoms with E-state index in [-0.39, 0.29) is 5.76 Å². The number of furan rings is 1. The number of nitrogens with one attached hydrogen (secondary N) is 1. The number of hydrogen-bond acceptors (Lipinski definition) is 4. The standard InChI is InChI=1S/C24H13Cl3N2O3/c25-15-4-1-13(2-5-15)20-9-10-22(31-20)23(30)28-18-11-14(3-7-17(18)27)24-29-19-12-16(26)6-8-21(19)32-24/h1-12H,(H,28,30). The van der Waals surface area contributed by atoms with Gasteiger partial charge in [0.25, 0.3) is 5.91 Å². The fourth-order valence-corrected chi connectivity index (χ4v) is 3.65. The van der Waals surface area contributed by atoms with E-state index in [4.69, 9.17) is 43.6 Å². The van der Waals surface area contributed by atoms with Crippen LogP contribution in [0.1, 0.15) is 10.6 Å². The van der Waals surface area contributed by atoms with E-state index >= 15 is 0 Å². The summed E-state index contributed by atoms with van der Waals surface area (Å²) >= 11 is 18.2. The van der Waals surface area contributed by atoms with Crippen LogP contribution in [0.15, 0.2) is 81.6 Å². The number of rotatable bonds is 4. The number of aromatic nitrogens is 1. The summed E-state index contributed by atoms with van der Waals surface area (Å²) in [5.41, 5.74) is 3.11. The van der Waals surface area contributed by atoms with Crippen molar-refractivity contribution in [1.82, 2.24) is 4.98 Å². The molecule has 5 nitrogen and oxygen atoms in total. The molecule has 5 aromatic rings. The van der Waals surface area contributed by atoms with Gasteiger partial charge in [-0.1, -0.05) is 34.8 Å². The van der Waals surface area contributed by atoms with E-state index < -0.39 is 5.91 Å². The molecular weight excluding hydrogens is 471 g/mol. The van der Waals surface area contributed by atoms with Crippen LogP contribution in [0.5, 0.6) is 0 Å². The third-order valence-corrected chi connectivity index (χ3v) is 5.59. The Hall–Kier alpha value is -3.25. The molecule has 0 unspecified atom stereocenters. The Kier molecular flexibility index (Phi) is 5.39. The topological polar surface area (TPSA) is 68.3 Å². The number of halogens is 3. The summed E-state index contributed by atoms with van der Waals surface area (Å²) in [5, 5.41) is 4.33. The van der Waals surface area contributed by atoms with Gasteiger partial charge in [-0.2, -0.15) is 0 Å².